The van der Waals surface area contributed by atoms with Gasteiger partial charge in [0.2, 0.25) is 0 Å². The Hall–Kier alpha value is -2.14. The van der Waals surface area contributed by atoms with Gasteiger partial charge >= 0.3 is 0 Å². The van der Waals surface area contributed by atoms with Crippen molar-refractivity contribution in [3.63, 3.8) is 0 Å². The molecule has 0 amide bonds. The Labute approximate surface area is 111 Å². The third-order valence-electron chi connectivity index (χ3n) is 2.77. The highest BCUT2D eigenvalue weighted by Gasteiger charge is 2.07. The van der Waals surface area contributed by atoms with Gasteiger partial charge in [0.25, 0.3) is 5.56 Å². The van der Waals surface area contributed by atoms with E-state index < -0.39 is 0 Å². The summed E-state index contributed by atoms with van der Waals surface area (Å²) in [7, 11) is 1.57. The highest BCUT2D eigenvalue weighted by Crippen LogP contribution is 2.20. The summed E-state index contributed by atoms with van der Waals surface area (Å²) >= 11 is 0. The van der Waals surface area contributed by atoms with Crippen LogP contribution in [0, 0.1) is 0 Å². The van der Waals surface area contributed by atoms with Gasteiger partial charge in [0, 0.05) is 18.2 Å². The average molecular weight is 260 g/mol. The van der Waals surface area contributed by atoms with Crippen molar-refractivity contribution >= 4 is 0 Å². The number of ether oxygens (including phenoxy) is 1. The van der Waals surface area contributed by atoms with Crippen LogP contribution in [0.5, 0.6) is 5.75 Å². The Morgan fingerprint density at radius 1 is 1.32 bits per heavy atom. The molecule has 0 saturated heterocycles. The summed E-state index contributed by atoms with van der Waals surface area (Å²) in [6.07, 6.45) is 0. The lowest BCUT2D eigenvalue weighted by molar-refractivity contribution is 0.279. The van der Waals surface area contributed by atoms with E-state index in [-0.39, 0.29) is 12.2 Å². The molecule has 19 heavy (non-hydrogen) atoms. The normalized spacial score (nSPS) is 10.5. The van der Waals surface area contributed by atoms with Gasteiger partial charge in [-0.25, -0.2) is 4.68 Å². The maximum atomic E-state index is 11.6. The maximum absolute atomic E-state index is 11.6. The summed E-state index contributed by atoms with van der Waals surface area (Å²) in [5, 5.41) is 13.3. The zero-order valence-electron chi connectivity index (χ0n) is 11.0. The van der Waals surface area contributed by atoms with Gasteiger partial charge in [-0.3, -0.25) is 4.79 Å². The van der Waals surface area contributed by atoms with Crippen LogP contribution in [-0.2, 0) is 13.7 Å². The standard InChI is InChI=1S/C14H16N2O3/c1-3-19-12-6-4-10(5-7-12)13-8-11(9-17)14(18)16(2)15-13/h4-8,17H,3,9H2,1-2H3. The maximum Gasteiger partial charge on any atom is 0.272 e. The van der Waals surface area contributed by atoms with E-state index in [1.54, 1.807) is 13.1 Å². The van der Waals surface area contributed by atoms with E-state index in [2.05, 4.69) is 5.10 Å². The second-order valence-electron chi connectivity index (χ2n) is 4.10. The zero-order valence-corrected chi connectivity index (χ0v) is 11.0. The fourth-order valence-corrected chi connectivity index (χ4v) is 1.81. The monoisotopic (exact) mass is 260 g/mol. The minimum atomic E-state index is -0.292. The van der Waals surface area contributed by atoms with Crippen LogP contribution in [0.15, 0.2) is 35.1 Å². The van der Waals surface area contributed by atoms with E-state index in [1.165, 1.54) is 4.68 Å². The molecular weight excluding hydrogens is 244 g/mol. The van der Waals surface area contributed by atoms with E-state index in [1.807, 2.05) is 31.2 Å². The third kappa shape index (κ3) is 2.82. The lowest BCUT2D eigenvalue weighted by Gasteiger charge is -2.07. The summed E-state index contributed by atoms with van der Waals surface area (Å²) in [5.41, 5.74) is 1.57. The molecule has 0 aliphatic rings. The highest BCUT2D eigenvalue weighted by atomic mass is 16.5. The van der Waals surface area contributed by atoms with Gasteiger partial charge in [-0.1, -0.05) is 0 Å². The van der Waals surface area contributed by atoms with E-state index in [4.69, 9.17) is 9.84 Å². The number of aryl methyl sites for hydroxylation is 1. The van der Waals surface area contributed by atoms with E-state index in [0.29, 0.717) is 17.9 Å². The van der Waals surface area contributed by atoms with Crippen LogP contribution in [0.1, 0.15) is 12.5 Å². The van der Waals surface area contributed by atoms with E-state index in [9.17, 15) is 4.79 Å². The molecule has 2 rings (SSSR count). The van der Waals surface area contributed by atoms with Crippen molar-refractivity contribution in [3.8, 4) is 17.0 Å². The Balaban J connectivity index is 2.41. The number of aromatic nitrogens is 2. The Morgan fingerprint density at radius 2 is 2.00 bits per heavy atom. The smallest absolute Gasteiger partial charge is 0.272 e. The number of hydrogen-bond acceptors (Lipinski definition) is 4. The molecule has 1 aromatic heterocycles. The number of rotatable bonds is 4. The van der Waals surface area contributed by atoms with Crippen LogP contribution in [0.4, 0.5) is 0 Å². The molecule has 1 N–H and O–H groups in total. The number of nitrogens with zero attached hydrogens (tertiary/aromatic N) is 2. The first-order valence-electron chi connectivity index (χ1n) is 6.07. The Kier molecular flexibility index (Phi) is 3.97. The molecule has 0 bridgehead atoms. The molecule has 100 valence electrons. The molecule has 0 unspecified atom stereocenters. The molecule has 0 aliphatic carbocycles. The minimum Gasteiger partial charge on any atom is -0.494 e. The molecule has 0 aliphatic heterocycles. The van der Waals surface area contributed by atoms with Crippen molar-refractivity contribution in [1.29, 1.82) is 0 Å². The fraction of sp³-hybridized carbons (Fsp3) is 0.286. The molecule has 0 radical (unpaired) electrons. The molecule has 5 heteroatoms. The second kappa shape index (κ2) is 5.67. The van der Waals surface area contributed by atoms with Crippen LogP contribution in [-0.4, -0.2) is 21.5 Å². The first-order valence-corrected chi connectivity index (χ1v) is 6.07. The first kappa shape index (κ1) is 13.3. The molecule has 0 spiro atoms. The Bertz CT molecular complexity index is 618. The number of benzene rings is 1. The van der Waals surface area contributed by atoms with Crippen molar-refractivity contribution in [2.45, 2.75) is 13.5 Å². The molecule has 1 aromatic carbocycles. The van der Waals surface area contributed by atoms with Gasteiger partial charge in [0.15, 0.2) is 0 Å². The molecular formula is C14H16N2O3. The molecule has 0 atom stereocenters. The van der Waals surface area contributed by atoms with Gasteiger partial charge in [0.1, 0.15) is 5.75 Å². The molecule has 1 heterocycles. The van der Waals surface area contributed by atoms with Gasteiger partial charge in [-0.2, -0.15) is 5.10 Å². The third-order valence-corrected chi connectivity index (χ3v) is 2.77. The molecule has 2 aromatic rings. The average Bonchev–Trinajstić information content (AvgIpc) is 2.43. The summed E-state index contributed by atoms with van der Waals surface area (Å²) in [5.74, 6) is 0.790. The lowest BCUT2D eigenvalue weighted by atomic mass is 10.1. The molecule has 0 fully saturated rings. The van der Waals surface area contributed by atoms with Crippen molar-refractivity contribution in [1.82, 2.24) is 9.78 Å². The largest absolute Gasteiger partial charge is 0.494 e. The summed E-state index contributed by atoms with van der Waals surface area (Å²) < 4.78 is 6.60. The quantitative estimate of drug-likeness (QED) is 0.901. The van der Waals surface area contributed by atoms with Crippen molar-refractivity contribution < 1.29 is 9.84 Å². The van der Waals surface area contributed by atoms with E-state index in [0.717, 1.165) is 11.3 Å². The number of hydrogen-bond donors (Lipinski definition) is 1. The van der Waals surface area contributed by atoms with Gasteiger partial charge in [-0.15, -0.1) is 0 Å². The number of aliphatic hydroxyl groups is 1. The van der Waals surface area contributed by atoms with Crippen LogP contribution in [0.3, 0.4) is 0 Å². The van der Waals surface area contributed by atoms with Crippen LogP contribution in [0.2, 0.25) is 0 Å². The summed E-state index contributed by atoms with van der Waals surface area (Å²) in [4.78, 5) is 11.6. The predicted molar refractivity (Wildman–Crippen MR) is 72.0 cm³/mol. The van der Waals surface area contributed by atoms with Crippen molar-refractivity contribution in [2.24, 2.45) is 7.05 Å². The fourth-order valence-electron chi connectivity index (χ4n) is 1.81. The lowest BCUT2D eigenvalue weighted by Crippen LogP contribution is -2.23. The summed E-state index contributed by atoms with van der Waals surface area (Å²) in [6, 6.07) is 9.06. The molecule has 0 saturated carbocycles. The predicted octanol–water partition coefficient (Wildman–Crippen LogP) is 1.34. The van der Waals surface area contributed by atoms with Crippen LogP contribution >= 0.6 is 0 Å². The van der Waals surface area contributed by atoms with Crippen molar-refractivity contribution in [3.05, 3.63) is 46.2 Å². The van der Waals surface area contributed by atoms with Crippen LogP contribution < -0.4 is 10.3 Å². The van der Waals surface area contributed by atoms with E-state index >= 15 is 0 Å². The summed E-state index contributed by atoms with van der Waals surface area (Å²) in [6.45, 7) is 2.25. The van der Waals surface area contributed by atoms with Gasteiger partial charge in [0.05, 0.1) is 18.9 Å². The SMILES string of the molecule is CCOc1ccc(-c2cc(CO)c(=O)n(C)n2)cc1. The first-order chi connectivity index (χ1) is 9.15. The van der Waals surface area contributed by atoms with Crippen molar-refractivity contribution in [2.75, 3.05) is 6.61 Å². The highest BCUT2D eigenvalue weighted by molar-refractivity contribution is 5.60. The molecule has 5 nitrogen and oxygen atoms in total. The van der Waals surface area contributed by atoms with Gasteiger partial charge < -0.3 is 9.84 Å². The second-order valence-corrected chi connectivity index (χ2v) is 4.10. The topological polar surface area (TPSA) is 64.3 Å². The van der Waals surface area contributed by atoms with Crippen LogP contribution in [0.25, 0.3) is 11.3 Å². The number of aliphatic hydroxyl groups excluding tert-OH is 1. The zero-order chi connectivity index (χ0) is 13.8. The Morgan fingerprint density at radius 3 is 2.58 bits per heavy atom. The minimum absolute atomic E-state index is 0.280. The van der Waals surface area contributed by atoms with Gasteiger partial charge in [-0.05, 0) is 37.3 Å².